The molecule has 0 aromatic heterocycles. The van der Waals surface area contributed by atoms with Crippen LogP contribution in [0, 0.1) is 6.92 Å². The maximum Gasteiger partial charge on any atom is 0.128 e. The van der Waals surface area contributed by atoms with E-state index in [4.69, 9.17) is 9.94 Å². The third kappa shape index (κ3) is 3.60. The van der Waals surface area contributed by atoms with Crippen molar-refractivity contribution in [1.82, 2.24) is 0 Å². The quantitative estimate of drug-likeness (QED) is 0.509. The highest BCUT2D eigenvalue weighted by Gasteiger charge is 2.07. The molecule has 0 spiro atoms. The van der Waals surface area contributed by atoms with Gasteiger partial charge in [0, 0.05) is 12.0 Å². The minimum absolute atomic E-state index is 0.555. The Bertz CT molecular complexity index is 591. The van der Waals surface area contributed by atoms with Gasteiger partial charge in [-0.2, -0.15) is 0 Å². The van der Waals surface area contributed by atoms with Crippen molar-refractivity contribution in [3.63, 3.8) is 0 Å². The zero-order valence-corrected chi connectivity index (χ0v) is 11.8. The predicted molar refractivity (Wildman–Crippen MR) is 80.8 cm³/mol. The zero-order chi connectivity index (χ0) is 14.4. The van der Waals surface area contributed by atoms with E-state index in [1.54, 1.807) is 6.92 Å². The van der Waals surface area contributed by atoms with Crippen molar-refractivity contribution in [2.45, 2.75) is 20.3 Å². The molecule has 3 heteroatoms. The van der Waals surface area contributed by atoms with E-state index in [1.807, 2.05) is 43.3 Å². The normalized spacial score (nSPS) is 11.4. The Morgan fingerprint density at radius 2 is 1.90 bits per heavy atom. The molecule has 0 atom stereocenters. The van der Waals surface area contributed by atoms with Crippen molar-refractivity contribution in [1.29, 1.82) is 0 Å². The summed E-state index contributed by atoms with van der Waals surface area (Å²) in [6.45, 7) is 4.37. The summed E-state index contributed by atoms with van der Waals surface area (Å²) in [5.41, 5.74) is 3.74. The maximum atomic E-state index is 8.92. The number of hydrogen-bond acceptors (Lipinski definition) is 3. The third-order valence-electron chi connectivity index (χ3n) is 3.17. The second-order valence-electron chi connectivity index (χ2n) is 4.77. The van der Waals surface area contributed by atoms with Crippen LogP contribution in [0.25, 0.3) is 0 Å². The molecule has 0 bridgehead atoms. The standard InChI is InChI=1S/C17H19NO2/c1-13-8-9-16(14(2)18-19)17(12-13)20-11-10-15-6-4-3-5-7-15/h3-9,12,19H,10-11H2,1-2H3. The number of rotatable bonds is 5. The molecule has 104 valence electrons. The van der Waals surface area contributed by atoms with Crippen LogP contribution < -0.4 is 4.74 Å². The molecule has 0 saturated heterocycles. The minimum Gasteiger partial charge on any atom is -0.493 e. The van der Waals surface area contributed by atoms with Crippen LogP contribution in [0.4, 0.5) is 0 Å². The Morgan fingerprint density at radius 3 is 2.60 bits per heavy atom. The summed E-state index contributed by atoms with van der Waals surface area (Å²) in [6, 6.07) is 16.1. The van der Waals surface area contributed by atoms with Crippen LogP contribution in [0.5, 0.6) is 5.75 Å². The molecule has 2 aromatic rings. The van der Waals surface area contributed by atoms with Gasteiger partial charge < -0.3 is 9.94 Å². The van der Waals surface area contributed by atoms with Gasteiger partial charge in [0.2, 0.25) is 0 Å². The summed E-state index contributed by atoms with van der Waals surface area (Å²) < 4.78 is 5.85. The van der Waals surface area contributed by atoms with Gasteiger partial charge in [-0.25, -0.2) is 0 Å². The van der Waals surface area contributed by atoms with Gasteiger partial charge in [0.25, 0.3) is 0 Å². The molecular formula is C17H19NO2. The molecule has 0 aliphatic heterocycles. The van der Waals surface area contributed by atoms with Gasteiger partial charge in [0.05, 0.1) is 12.3 Å². The monoisotopic (exact) mass is 269 g/mol. The number of benzene rings is 2. The van der Waals surface area contributed by atoms with E-state index < -0.39 is 0 Å². The van der Waals surface area contributed by atoms with Gasteiger partial charge in [-0.1, -0.05) is 41.6 Å². The summed E-state index contributed by atoms with van der Waals surface area (Å²) in [4.78, 5) is 0. The lowest BCUT2D eigenvalue weighted by Gasteiger charge is -2.12. The van der Waals surface area contributed by atoms with E-state index in [9.17, 15) is 0 Å². The van der Waals surface area contributed by atoms with Crippen LogP contribution in [-0.2, 0) is 6.42 Å². The van der Waals surface area contributed by atoms with E-state index >= 15 is 0 Å². The van der Waals surface area contributed by atoms with Crippen LogP contribution in [0.1, 0.15) is 23.6 Å². The lowest BCUT2D eigenvalue weighted by Crippen LogP contribution is -2.06. The molecule has 0 radical (unpaired) electrons. The first kappa shape index (κ1) is 14.1. The summed E-state index contributed by atoms with van der Waals surface area (Å²) >= 11 is 0. The fourth-order valence-electron chi connectivity index (χ4n) is 2.03. The fourth-order valence-corrected chi connectivity index (χ4v) is 2.03. The molecule has 2 rings (SSSR count). The highest BCUT2D eigenvalue weighted by Crippen LogP contribution is 2.21. The van der Waals surface area contributed by atoms with Gasteiger partial charge in [-0.3, -0.25) is 0 Å². The van der Waals surface area contributed by atoms with Gasteiger partial charge in [-0.05, 0) is 37.1 Å². The summed E-state index contributed by atoms with van der Waals surface area (Å²) in [5.74, 6) is 0.760. The molecule has 0 amide bonds. The van der Waals surface area contributed by atoms with E-state index in [0.29, 0.717) is 12.3 Å². The predicted octanol–water partition coefficient (Wildman–Crippen LogP) is 3.81. The molecule has 0 unspecified atom stereocenters. The summed E-state index contributed by atoms with van der Waals surface area (Å²) in [6.07, 6.45) is 0.851. The van der Waals surface area contributed by atoms with Crippen molar-refractivity contribution >= 4 is 5.71 Å². The number of oxime groups is 1. The second kappa shape index (κ2) is 6.75. The number of ether oxygens (including phenoxy) is 1. The Balaban J connectivity index is 2.07. The number of hydrogen-bond donors (Lipinski definition) is 1. The van der Waals surface area contributed by atoms with Gasteiger partial charge in [0.15, 0.2) is 0 Å². The first-order chi connectivity index (χ1) is 9.70. The molecule has 0 fully saturated rings. The molecule has 0 heterocycles. The van der Waals surface area contributed by atoms with Crippen LogP contribution in [-0.4, -0.2) is 17.5 Å². The molecule has 2 aromatic carbocycles. The smallest absolute Gasteiger partial charge is 0.128 e. The molecule has 20 heavy (non-hydrogen) atoms. The van der Waals surface area contributed by atoms with E-state index in [2.05, 4.69) is 17.3 Å². The lowest BCUT2D eigenvalue weighted by atomic mass is 10.1. The Kier molecular flexibility index (Phi) is 4.77. The van der Waals surface area contributed by atoms with E-state index in [1.165, 1.54) is 5.56 Å². The van der Waals surface area contributed by atoms with Gasteiger partial charge in [-0.15, -0.1) is 0 Å². The van der Waals surface area contributed by atoms with Crippen molar-refractivity contribution < 1.29 is 9.94 Å². The van der Waals surface area contributed by atoms with Crippen molar-refractivity contribution in [2.24, 2.45) is 5.16 Å². The Labute approximate surface area is 119 Å². The topological polar surface area (TPSA) is 41.8 Å². The molecule has 1 N–H and O–H groups in total. The van der Waals surface area contributed by atoms with Crippen LogP contribution in [0.3, 0.4) is 0 Å². The SMILES string of the molecule is CC(=NO)c1ccc(C)cc1OCCc1ccccc1. The number of nitrogens with zero attached hydrogens (tertiary/aromatic N) is 1. The van der Waals surface area contributed by atoms with E-state index in [0.717, 1.165) is 23.3 Å². The van der Waals surface area contributed by atoms with Crippen LogP contribution in [0.2, 0.25) is 0 Å². The average molecular weight is 269 g/mol. The minimum atomic E-state index is 0.555. The second-order valence-corrected chi connectivity index (χ2v) is 4.77. The molecular weight excluding hydrogens is 250 g/mol. The third-order valence-corrected chi connectivity index (χ3v) is 3.17. The number of aryl methyl sites for hydroxylation is 1. The van der Waals surface area contributed by atoms with Crippen molar-refractivity contribution in [3.05, 3.63) is 65.2 Å². The molecule has 0 saturated carbocycles. The molecule has 0 aliphatic rings. The molecule has 3 nitrogen and oxygen atoms in total. The Morgan fingerprint density at radius 1 is 1.15 bits per heavy atom. The van der Waals surface area contributed by atoms with Crippen LogP contribution >= 0.6 is 0 Å². The summed E-state index contributed by atoms with van der Waals surface area (Å²) in [7, 11) is 0. The average Bonchev–Trinajstić information content (AvgIpc) is 2.48. The highest BCUT2D eigenvalue weighted by molar-refractivity contribution is 6.00. The largest absolute Gasteiger partial charge is 0.493 e. The highest BCUT2D eigenvalue weighted by atomic mass is 16.5. The van der Waals surface area contributed by atoms with Gasteiger partial charge >= 0.3 is 0 Å². The van der Waals surface area contributed by atoms with Crippen molar-refractivity contribution in [2.75, 3.05) is 6.61 Å². The fraction of sp³-hybridized carbons (Fsp3) is 0.235. The Hall–Kier alpha value is -2.29. The van der Waals surface area contributed by atoms with Gasteiger partial charge in [0.1, 0.15) is 5.75 Å². The van der Waals surface area contributed by atoms with Crippen LogP contribution in [0.15, 0.2) is 53.7 Å². The first-order valence-electron chi connectivity index (χ1n) is 6.67. The lowest BCUT2D eigenvalue weighted by molar-refractivity contribution is 0.314. The molecule has 0 aliphatic carbocycles. The summed E-state index contributed by atoms with van der Waals surface area (Å²) in [5, 5.41) is 12.2. The first-order valence-corrected chi connectivity index (χ1v) is 6.67. The van der Waals surface area contributed by atoms with Crippen molar-refractivity contribution in [3.8, 4) is 5.75 Å². The van der Waals surface area contributed by atoms with E-state index in [-0.39, 0.29) is 0 Å². The maximum absolute atomic E-state index is 8.92. The zero-order valence-electron chi connectivity index (χ0n) is 11.8.